The first kappa shape index (κ1) is 31.2. The van der Waals surface area contributed by atoms with E-state index in [-0.39, 0.29) is 13.2 Å². The summed E-state index contributed by atoms with van der Waals surface area (Å²) in [6, 6.07) is 22.5. The second kappa shape index (κ2) is 15.0. The Bertz CT molecular complexity index is 1890. The maximum absolute atomic E-state index is 10.8. The van der Waals surface area contributed by atoms with Crippen molar-refractivity contribution in [2.75, 3.05) is 24.7 Å². The largest absolute Gasteiger partial charge is 0.490 e. The van der Waals surface area contributed by atoms with Crippen LogP contribution < -0.4 is 9.47 Å². The van der Waals surface area contributed by atoms with Gasteiger partial charge in [0.1, 0.15) is 30.8 Å². The molecule has 0 radical (unpaired) electrons. The van der Waals surface area contributed by atoms with Gasteiger partial charge in [0.2, 0.25) is 10.3 Å². The van der Waals surface area contributed by atoms with Crippen molar-refractivity contribution in [2.24, 2.45) is 10.2 Å². The predicted octanol–water partition coefficient (Wildman–Crippen LogP) is 4.77. The summed E-state index contributed by atoms with van der Waals surface area (Å²) in [7, 11) is 0. The van der Waals surface area contributed by atoms with Gasteiger partial charge in [0.25, 0.3) is 0 Å². The van der Waals surface area contributed by atoms with Crippen LogP contribution in [0.3, 0.4) is 0 Å². The maximum atomic E-state index is 10.8. The highest BCUT2D eigenvalue weighted by Gasteiger charge is 2.18. The number of hydrogen-bond donors (Lipinski definition) is 1. The molecule has 1 N–H and O–H groups in total. The number of nitrogens with zero attached hydrogens (tertiary/aromatic N) is 10. The average Bonchev–Trinajstić information content (AvgIpc) is 3.74. The first-order chi connectivity index (χ1) is 23.7. The highest BCUT2D eigenvalue weighted by Crippen LogP contribution is 2.28. The van der Waals surface area contributed by atoms with E-state index in [0.717, 1.165) is 22.3 Å². The molecule has 48 heavy (non-hydrogen) atoms. The van der Waals surface area contributed by atoms with Gasteiger partial charge < -0.3 is 14.6 Å². The number of aliphatic hydroxyl groups excluding tert-OH is 1. The fraction of sp³-hybridized carbons (Fsp3) is 0.152. The molecule has 240 valence electrons. The zero-order chi connectivity index (χ0) is 32.5. The molecular weight excluding hydrogens is 649 g/mol. The van der Waals surface area contributed by atoms with Crippen molar-refractivity contribution in [2.45, 2.75) is 16.4 Å². The standard InChI is InChI=1S/C33H28N10O3S2/c44-27-21-45-28-11-3-1-7-23(28)19-36-42-30(25-9-5-13-34-17-25)38-40-32(42)47-15-16-48-33-41-39-31(26-10-6-14-35-18-26)43(33)37-20-24-8-2-4-12-29(24)46-22-27/h1-14,17-20,27,44H,15-16,21-22H2/b36-19-,37-20-. The van der Waals surface area contributed by atoms with E-state index in [1.54, 1.807) is 46.6 Å². The normalized spacial score (nSPS) is 15.7. The number of pyridine rings is 2. The van der Waals surface area contributed by atoms with Gasteiger partial charge in [0.05, 0.1) is 12.4 Å². The summed E-state index contributed by atoms with van der Waals surface area (Å²) < 4.78 is 15.4. The number of aliphatic hydroxyl groups is 1. The molecule has 0 spiro atoms. The van der Waals surface area contributed by atoms with Crippen LogP contribution in [0.15, 0.2) is 118 Å². The lowest BCUT2D eigenvalue weighted by atomic mass is 10.2. The molecule has 0 aliphatic carbocycles. The number of rotatable bonds is 2. The molecule has 0 saturated carbocycles. The van der Waals surface area contributed by atoms with E-state index in [9.17, 15) is 5.11 Å². The minimum Gasteiger partial charge on any atom is -0.490 e. The van der Waals surface area contributed by atoms with Gasteiger partial charge >= 0.3 is 0 Å². The lowest BCUT2D eigenvalue weighted by Gasteiger charge is -2.15. The van der Waals surface area contributed by atoms with Crippen molar-refractivity contribution in [3.63, 3.8) is 0 Å². The lowest BCUT2D eigenvalue weighted by Crippen LogP contribution is -2.25. The molecule has 7 rings (SSSR count). The van der Waals surface area contributed by atoms with E-state index >= 15 is 0 Å². The van der Waals surface area contributed by atoms with Crippen molar-refractivity contribution < 1.29 is 14.6 Å². The number of hydrogen-bond acceptors (Lipinski definition) is 13. The number of ether oxygens (including phenoxy) is 2. The third kappa shape index (κ3) is 7.27. The van der Waals surface area contributed by atoms with Crippen LogP contribution in [0.4, 0.5) is 0 Å². The Morgan fingerprint density at radius 3 is 1.54 bits per heavy atom. The molecule has 0 saturated heterocycles. The molecule has 0 amide bonds. The zero-order valence-electron chi connectivity index (χ0n) is 25.4. The molecule has 0 unspecified atom stereocenters. The molecule has 1 aliphatic rings. The van der Waals surface area contributed by atoms with E-state index in [1.807, 2.05) is 72.8 Å². The van der Waals surface area contributed by atoms with Crippen LogP contribution in [0.5, 0.6) is 11.5 Å². The van der Waals surface area contributed by atoms with Crippen LogP contribution in [-0.2, 0) is 0 Å². The molecule has 0 fully saturated rings. The summed E-state index contributed by atoms with van der Waals surface area (Å²) >= 11 is 3.02. The Morgan fingerprint density at radius 1 is 0.604 bits per heavy atom. The van der Waals surface area contributed by atoms with Gasteiger partial charge in [-0.3, -0.25) is 9.97 Å². The molecule has 2 aromatic carbocycles. The van der Waals surface area contributed by atoms with Gasteiger partial charge in [-0.15, -0.1) is 20.4 Å². The van der Waals surface area contributed by atoms with Gasteiger partial charge in [-0.1, -0.05) is 47.8 Å². The summed E-state index contributed by atoms with van der Waals surface area (Å²) in [5.41, 5.74) is 2.99. The number of benzene rings is 2. The number of aromatic nitrogens is 8. The van der Waals surface area contributed by atoms with E-state index in [2.05, 4.69) is 30.4 Å². The highest BCUT2D eigenvalue weighted by atomic mass is 32.2. The summed E-state index contributed by atoms with van der Waals surface area (Å²) in [5, 5.41) is 39.4. The average molecular weight is 677 g/mol. The Labute approximate surface area is 283 Å². The second-order valence-corrected chi connectivity index (χ2v) is 12.4. The lowest BCUT2D eigenvalue weighted by molar-refractivity contribution is 0.0625. The molecule has 5 heterocycles. The van der Waals surface area contributed by atoms with E-state index in [1.165, 1.54) is 23.5 Å². The van der Waals surface area contributed by atoms with Gasteiger partial charge in [-0.25, -0.2) is 0 Å². The third-order valence-corrected chi connectivity index (χ3v) is 9.03. The molecule has 15 heteroatoms. The minimum absolute atomic E-state index is 0.00549. The van der Waals surface area contributed by atoms with Crippen LogP contribution in [0.25, 0.3) is 22.8 Å². The van der Waals surface area contributed by atoms with Crippen LogP contribution >= 0.6 is 23.5 Å². The van der Waals surface area contributed by atoms with Crippen molar-refractivity contribution >= 4 is 36.0 Å². The summed E-state index contributed by atoms with van der Waals surface area (Å²) in [5.74, 6) is 3.56. The number of para-hydroxylation sites is 2. The van der Waals surface area contributed by atoms with Crippen molar-refractivity contribution in [3.05, 3.63) is 109 Å². The Hall–Kier alpha value is -5.38. The first-order valence-electron chi connectivity index (χ1n) is 14.9. The SMILES string of the molecule is OC1COc2ccccc2/C=N\n2c(nnc2-c2cccnc2)SCCSc2nnc(-c3cccnc3)n2/N=C\c2ccccc2OC1. The monoisotopic (exact) mass is 676 g/mol. The maximum Gasteiger partial charge on any atom is 0.212 e. The van der Waals surface area contributed by atoms with Gasteiger partial charge in [0, 0.05) is 58.5 Å². The van der Waals surface area contributed by atoms with Crippen LogP contribution in [0.2, 0.25) is 0 Å². The molecular formula is C33H28N10O3S2. The molecule has 6 aromatic rings. The smallest absolute Gasteiger partial charge is 0.212 e. The third-order valence-electron chi connectivity index (χ3n) is 6.93. The topological polar surface area (TPSA) is 151 Å². The van der Waals surface area contributed by atoms with Crippen LogP contribution in [0.1, 0.15) is 11.1 Å². The highest BCUT2D eigenvalue weighted by molar-refractivity contribution is 8.02. The Morgan fingerprint density at radius 2 is 1.08 bits per heavy atom. The molecule has 4 aromatic heterocycles. The van der Waals surface area contributed by atoms with Crippen molar-refractivity contribution in [1.29, 1.82) is 0 Å². The van der Waals surface area contributed by atoms with E-state index in [4.69, 9.17) is 19.7 Å². The number of fused-ring (bicyclic) bond motifs is 4. The van der Waals surface area contributed by atoms with Crippen LogP contribution in [0, 0.1) is 0 Å². The fourth-order valence-corrected chi connectivity index (χ4v) is 6.37. The van der Waals surface area contributed by atoms with Crippen LogP contribution in [-0.4, -0.2) is 88.1 Å². The van der Waals surface area contributed by atoms with Gasteiger partial charge in [-0.05, 0) is 48.5 Å². The first-order valence-corrected chi connectivity index (χ1v) is 16.9. The molecule has 0 bridgehead atoms. The number of thioether (sulfide) groups is 2. The van der Waals surface area contributed by atoms with Crippen molar-refractivity contribution in [1.82, 2.24) is 39.7 Å². The summed E-state index contributed by atoms with van der Waals surface area (Å²) in [6.45, 7) is 0.0110. The summed E-state index contributed by atoms with van der Waals surface area (Å²) in [6.07, 6.45) is 9.32. The van der Waals surface area contributed by atoms with E-state index < -0.39 is 6.10 Å². The molecule has 0 atom stereocenters. The zero-order valence-corrected chi connectivity index (χ0v) is 27.0. The van der Waals surface area contributed by atoms with E-state index in [0.29, 0.717) is 45.0 Å². The second-order valence-electron chi connectivity index (χ2n) is 10.3. The predicted molar refractivity (Wildman–Crippen MR) is 184 cm³/mol. The minimum atomic E-state index is -0.912. The van der Waals surface area contributed by atoms with Gasteiger partial charge in [0.15, 0.2) is 11.6 Å². The molecule has 1 aliphatic heterocycles. The Kier molecular flexibility index (Phi) is 9.77. The quantitative estimate of drug-likeness (QED) is 0.270. The fourth-order valence-electron chi connectivity index (χ4n) is 4.63. The van der Waals surface area contributed by atoms with Gasteiger partial charge in [-0.2, -0.15) is 19.6 Å². The Balaban J connectivity index is 1.24. The summed E-state index contributed by atoms with van der Waals surface area (Å²) in [4.78, 5) is 8.49. The molecule has 13 nitrogen and oxygen atoms in total. The van der Waals surface area contributed by atoms with Crippen molar-refractivity contribution in [3.8, 4) is 34.3 Å².